The van der Waals surface area contributed by atoms with Crippen LogP contribution >= 0.6 is 0 Å². The second kappa shape index (κ2) is 7.26. The van der Waals surface area contributed by atoms with Gasteiger partial charge in [-0.1, -0.05) is 46.0 Å². The fourth-order valence-corrected chi connectivity index (χ4v) is 1.91. The molecule has 1 aromatic rings. The van der Waals surface area contributed by atoms with Gasteiger partial charge in [0.25, 0.3) is 0 Å². The zero-order chi connectivity index (χ0) is 11.8. The van der Waals surface area contributed by atoms with Crippen molar-refractivity contribution in [2.45, 2.75) is 58.3 Å². The summed E-state index contributed by atoms with van der Waals surface area (Å²) in [6.45, 7) is 4.50. The van der Waals surface area contributed by atoms with E-state index in [0.717, 1.165) is 5.69 Å². The highest BCUT2D eigenvalue weighted by atomic mass is 14.7. The fraction of sp³-hybridized carbons (Fsp3) is 0.643. The molecule has 0 aliphatic heterocycles. The van der Waals surface area contributed by atoms with Crippen molar-refractivity contribution in [2.24, 2.45) is 0 Å². The summed E-state index contributed by atoms with van der Waals surface area (Å²) in [7, 11) is 0. The first kappa shape index (κ1) is 13.0. The van der Waals surface area contributed by atoms with Crippen LogP contribution in [-0.2, 0) is 0 Å². The minimum Gasteiger partial charge on any atom is -0.397 e. The first-order valence-electron chi connectivity index (χ1n) is 6.45. The molecular weight excluding hydrogens is 196 g/mol. The van der Waals surface area contributed by atoms with Gasteiger partial charge in [-0.15, -0.1) is 0 Å². The second-order valence-electron chi connectivity index (χ2n) is 4.62. The van der Waals surface area contributed by atoms with Gasteiger partial charge in [-0.25, -0.2) is 0 Å². The van der Waals surface area contributed by atoms with E-state index in [2.05, 4.69) is 18.8 Å². The quantitative estimate of drug-likeness (QED) is 0.702. The monoisotopic (exact) mass is 220 g/mol. The van der Waals surface area contributed by atoms with E-state index in [1.54, 1.807) is 6.20 Å². The van der Waals surface area contributed by atoms with Gasteiger partial charge in [0.2, 0.25) is 0 Å². The zero-order valence-electron chi connectivity index (χ0n) is 10.6. The van der Waals surface area contributed by atoms with Crippen LogP contribution in [0.15, 0.2) is 18.3 Å². The lowest BCUT2D eigenvalue weighted by Crippen LogP contribution is -1.98. The highest BCUT2D eigenvalue weighted by molar-refractivity contribution is 5.35. The van der Waals surface area contributed by atoms with Crippen molar-refractivity contribution in [1.29, 1.82) is 0 Å². The van der Waals surface area contributed by atoms with E-state index in [9.17, 15) is 0 Å². The third kappa shape index (κ3) is 4.65. The molecule has 0 saturated heterocycles. The van der Waals surface area contributed by atoms with E-state index in [0.29, 0.717) is 5.92 Å². The molecule has 0 spiro atoms. The standard InChI is InChI=1S/C14H24N2/c1-3-4-5-6-7-8-12(2)14-10-9-13(15)11-16-14/h9-12H,3-8,15H2,1-2H3. The third-order valence-corrected chi connectivity index (χ3v) is 3.05. The Hall–Kier alpha value is -1.05. The Morgan fingerprint density at radius 1 is 1.19 bits per heavy atom. The lowest BCUT2D eigenvalue weighted by Gasteiger charge is -2.10. The SMILES string of the molecule is CCCCCCCC(C)c1ccc(N)cn1. The van der Waals surface area contributed by atoms with E-state index in [-0.39, 0.29) is 0 Å². The van der Waals surface area contributed by atoms with Gasteiger partial charge in [-0.3, -0.25) is 4.98 Å². The van der Waals surface area contributed by atoms with E-state index in [1.807, 2.05) is 12.1 Å². The van der Waals surface area contributed by atoms with E-state index >= 15 is 0 Å². The number of nitrogens with two attached hydrogens (primary N) is 1. The number of nitrogen functional groups attached to an aromatic ring is 1. The van der Waals surface area contributed by atoms with Crippen LogP contribution in [0.3, 0.4) is 0 Å². The van der Waals surface area contributed by atoms with Crippen LogP contribution in [0.5, 0.6) is 0 Å². The maximum atomic E-state index is 5.62. The van der Waals surface area contributed by atoms with E-state index in [4.69, 9.17) is 5.73 Å². The molecule has 1 unspecified atom stereocenters. The molecule has 16 heavy (non-hydrogen) atoms. The maximum absolute atomic E-state index is 5.62. The first-order chi connectivity index (χ1) is 7.74. The summed E-state index contributed by atoms with van der Waals surface area (Å²) < 4.78 is 0. The molecule has 0 radical (unpaired) electrons. The maximum Gasteiger partial charge on any atom is 0.0501 e. The number of nitrogens with zero attached hydrogens (tertiary/aromatic N) is 1. The molecule has 2 nitrogen and oxygen atoms in total. The van der Waals surface area contributed by atoms with Crippen LogP contribution in [0, 0.1) is 0 Å². The van der Waals surface area contributed by atoms with Crippen LogP contribution in [-0.4, -0.2) is 4.98 Å². The largest absolute Gasteiger partial charge is 0.397 e. The summed E-state index contributed by atoms with van der Waals surface area (Å²) >= 11 is 0. The molecule has 0 amide bonds. The average molecular weight is 220 g/mol. The molecule has 2 heteroatoms. The zero-order valence-corrected chi connectivity index (χ0v) is 10.6. The molecule has 1 rings (SSSR count). The summed E-state index contributed by atoms with van der Waals surface area (Å²) in [5.74, 6) is 0.558. The predicted octanol–water partition coefficient (Wildman–Crippen LogP) is 4.13. The lowest BCUT2D eigenvalue weighted by atomic mass is 9.98. The molecular formula is C14H24N2. The van der Waals surface area contributed by atoms with Gasteiger partial charge in [0.15, 0.2) is 0 Å². The van der Waals surface area contributed by atoms with E-state index < -0.39 is 0 Å². The highest BCUT2D eigenvalue weighted by Crippen LogP contribution is 2.20. The molecule has 2 N–H and O–H groups in total. The summed E-state index contributed by atoms with van der Waals surface area (Å²) in [6, 6.07) is 3.99. The number of rotatable bonds is 7. The van der Waals surface area contributed by atoms with Gasteiger partial charge in [0.05, 0.1) is 11.9 Å². The van der Waals surface area contributed by atoms with Crippen molar-refractivity contribution < 1.29 is 0 Å². The van der Waals surface area contributed by atoms with Crippen molar-refractivity contribution >= 4 is 5.69 Å². The Labute approximate surface area is 99.3 Å². The number of aromatic nitrogens is 1. The molecule has 1 heterocycles. The second-order valence-corrected chi connectivity index (χ2v) is 4.62. The van der Waals surface area contributed by atoms with Crippen molar-refractivity contribution in [3.8, 4) is 0 Å². The Bertz CT molecular complexity index is 279. The number of unbranched alkanes of at least 4 members (excludes halogenated alkanes) is 4. The number of hydrogen-bond acceptors (Lipinski definition) is 2. The molecule has 0 fully saturated rings. The van der Waals surface area contributed by atoms with Gasteiger partial charge in [-0.05, 0) is 24.5 Å². The lowest BCUT2D eigenvalue weighted by molar-refractivity contribution is 0.560. The topological polar surface area (TPSA) is 38.9 Å². The van der Waals surface area contributed by atoms with Crippen LogP contribution in [0.25, 0.3) is 0 Å². The van der Waals surface area contributed by atoms with Crippen molar-refractivity contribution in [1.82, 2.24) is 4.98 Å². The van der Waals surface area contributed by atoms with Crippen LogP contribution < -0.4 is 5.73 Å². The van der Waals surface area contributed by atoms with Crippen molar-refractivity contribution in [3.05, 3.63) is 24.0 Å². The Kier molecular flexibility index (Phi) is 5.91. The number of pyridine rings is 1. The highest BCUT2D eigenvalue weighted by Gasteiger charge is 2.05. The summed E-state index contributed by atoms with van der Waals surface area (Å²) in [6.07, 6.45) is 9.71. The predicted molar refractivity (Wildman–Crippen MR) is 70.4 cm³/mol. The summed E-state index contributed by atoms with van der Waals surface area (Å²) in [4.78, 5) is 4.37. The van der Waals surface area contributed by atoms with Gasteiger partial charge in [0, 0.05) is 5.69 Å². The molecule has 1 aromatic heterocycles. The minimum atomic E-state index is 0.558. The third-order valence-electron chi connectivity index (χ3n) is 3.05. The fourth-order valence-electron chi connectivity index (χ4n) is 1.91. The number of anilines is 1. The first-order valence-corrected chi connectivity index (χ1v) is 6.45. The minimum absolute atomic E-state index is 0.558. The number of hydrogen-bond donors (Lipinski definition) is 1. The molecule has 0 bridgehead atoms. The van der Waals surface area contributed by atoms with E-state index in [1.165, 1.54) is 44.2 Å². The van der Waals surface area contributed by atoms with Crippen molar-refractivity contribution in [3.63, 3.8) is 0 Å². The van der Waals surface area contributed by atoms with Crippen LogP contribution in [0.4, 0.5) is 5.69 Å². The van der Waals surface area contributed by atoms with Gasteiger partial charge < -0.3 is 5.73 Å². The molecule has 0 saturated carbocycles. The molecule has 0 aromatic carbocycles. The summed E-state index contributed by atoms with van der Waals surface area (Å²) in [5.41, 5.74) is 7.54. The molecule has 0 aliphatic carbocycles. The van der Waals surface area contributed by atoms with Crippen molar-refractivity contribution in [2.75, 3.05) is 5.73 Å². The summed E-state index contributed by atoms with van der Waals surface area (Å²) in [5, 5.41) is 0. The van der Waals surface area contributed by atoms with Gasteiger partial charge in [-0.2, -0.15) is 0 Å². The molecule has 0 aliphatic rings. The Morgan fingerprint density at radius 3 is 2.56 bits per heavy atom. The molecule has 90 valence electrons. The smallest absolute Gasteiger partial charge is 0.0501 e. The molecule has 1 atom stereocenters. The Morgan fingerprint density at radius 2 is 1.94 bits per heavy atom. The van der Waals surface area contributed by atoms with Crippen LogP contribution in [0.1, 0.15) is 64.0 Å². The van der Waals surface area contributed by atoms with Gasteiger partial charge >= 0.3 is 0 Å². The van der Waals surface area contributed by atoms with Crippen LogP contribution in [0.2, 0.25) is 0 Å². The Balaban J connectivity index is 2.24. The normalized spacial score (nSPS) is 12.6. The average Bonchev–Trinajstić information content (AvgIpc) is 2.29. The van der Waals surface area contributed by atoms with Gasteiger partial charge in [0.1, 0.15) is 0 Å².